The molecule has 1 fully saturated rings. The normalized spacial score (nSPS) is 16.5. The van der Waals surface area contributed by atoms with Gasteiger partial charge in [-0.25, -0.2) is 4.98 Å². The Morgan fingerprint density at radius 3 is 2.67 bits per heavy atom. The molecule has 2 aromatic rings. The fourth-order valence-corrected chi connectivity index (χ4v) is 3.21. The Labute approximate surface area is 144 Å². The number of nitrogens with one attached hydrogen (secondary N) is 3. The van der Waals surface area contributed by atoms with Gasteiger partial charge in [0.1, 0.15) is 5.82 Å². The van der Waals surface area contributed by atoms with E-state index in [2.05, 4.69) is 44.7 Å². The van der Waals surface area contributed by atoms with Crippen LogP contribution in [0, 0.1) is 5.41 Å². The highest BCUT2D eigenvalue weighted by Gasteiger charge is 2.34. The average Bonchev–Trinajstić information content (AvgIpc) is 3.06. The van der Waals surface area contributed by atoms with Crippen LogP contribution >= 0.6 is 0 Å². The van der Waals surface area contributed by atoms with Crippen molar-refractivity contribution in [2.75, 3.05) is 13.6 Å². The molecule has 1 aliphatic carbocycles. The third-order valence-electron chi connectivity index (χ3n) is 5.16. The summed E-state index contributed by atoms with van der Waals surface area (Å²) < 4.78 is 0. The molecule has 128 valence electrons. The van der Waals surface area contributed by atoms with Crippen LogP contribution in [0.15, 0.2) is 41.5 Å². The predicted molar refractivity (Wildman–Crippen MR) is 98.8 cm³/mol. The molecule has 3 N–H and O–H groups in total. The second-order valence-electron chi connectivity index (χ2n) is 6.60. The quantitative estimate of drug-likeness (QED) is 0.564. The summed E-state index contributed by atoms with van der Waals surface area (Å²) in [4.78, 5) is 12.1. The topological polar surface area (TPSA) is 65.1 Å². The van der Waals surface area contributed by atoms with Crippen LogP contribution in [-0.4, -0.2) is 29.5 Å². The molecular weight excluding hydrogens is 298 g/mol. The number of aromatic amines is 1. The van der Waals surface area contributed by atoms with Crippen molar-refractivity contribution < 1.29 is 0 Å². The van der Waals surface area contributed by atoms with Crippen LogP contribution in [0.2, 0.25) is 0 Å². The minimum Gasteiger partial charge on any atom is -0.356 e. The zero-order valence-electron chi connectivity index (χ0n) is 14.6. The summed E-state index contributed by atoms with van der Waals surface area (Å²) in [6.07, 6.45) is 7.12. The average molecular weight is 325 g/mol. The predicted octanol–water partition coefficient (Wildman–Crippen LogP) is 3.32. The van der Waals surface area contributed by atoms with E-state index in [1.54, 1.807) is 0 Å². The van der Waals surface area contributed by atoms with Crippen molar-refractivity contribution >= 4 is 5.96 Å². The summed E-state index contributed by atoms with van der Waals surface area (Å²) >= 11 is 0. The van der Waals surface area contributed by atoms with E-state index in [0.717, 1.165) is 29.6 Å². The number of rotatable bonds is 6. The van der Waals surface area contributed by atoms with Crippen molar-refractivity contribution in [2.45, 2.75) is 39.2 Å². The van der Waals surface area contributed by atoms with Crippen LogP contribution in [0.25, 0.3) is 11.3 Å². The molecule has 5 nitrogen and oxygen atoms in total. The molecule has 0 spiro atoms. The summed E-state index contributed by atoms with van der Waals surface area (Å²) in [7, 11) is 1.81. The van der Waals surface area contributed by atoms with Crippen molar-refractivity contribution in [3.05, 3.63) is 42.4 Å². The Hall–Kier alpha value is -2.30. The van der Waals surface area contributed by atoms with E-state index in [1.807, 2.05) is 31.4 Å². The maximum absolute atomic E-state index is 4.45. The van der Waals surface area contributed by atoms with Gasteiger partial charge in [0, 0.05) is 13.6 Å². The van der Waals surface area contributed by atoms with Crippen molar-refractivity contribution in [3.63, 3.8) is 0 Å². The third-order valence-corrected chi connectivity index (χ3v) is 5.16. The highest BCUT2D eigenvalue weighted by atomic mass is 15.2. The molecule has 1 heterocycles. The van der Waals surface area contributed by atoms with Crippen LogP contribution in [-0.2, 0) is 6.54 Å². The maximum atomic E-state index is 4.45. The lowest BCUT2D eigenvalue weighted by Gasteiger charge is -2.41. The lowest BCUT2D eigenvalue weighted by atomic mass is 9.67. The third kappa shape index (κ3) is 3.78. The number of hydrogen-bond acceptors (Lipinski definition) is 2. The lowest BCUT2D eigenvalue weighted by Crippen LogP contribution is -2.46. The van der Waals surface area contributed by atoms with E-state index in [0.29, 0.717) is 12.0 Å². The van der Waals surface area contributed by atoms with Gasteiger partial charge in [0.05, 0.1) is 18.4 Å². The number of aliphatic imine (C=N–C) groups is 1. The van der Waals surface area contributed by atoms with Gasteiger partial charge in [-0.05, 0) is 30.2 Å². The fourth-order valence-electron chi connectivity index (χ4n) is 3.21. The second-order valence-corrected chi connectivity index (χ2v) is 6.60. The number of imidazole rings is 1. The van der Waals surface area contributed by atoms with Crippen molar-refractivity contribution in [2.24, 2.45) is 10.4 Å². The molecule has 0 bridgehead atoms. The molecule has 0 atom stereocenters. The van der Waals surface area contributed by atoms with Crippen LogP contribution in [0.3, 0.4) is 0 Å². The zero-order valence-corrected chi connectivity index (χ0v) is 14.6. The van der Waals surface area contributed by atoms with Gasteiger partial charge >= 0.3 is 0 Å². The molecular formula is C19H27N5. The van der Waals surface area contributed by atoms with E-state index in [4.69, 9.17) is 0 Å². The van der Waals surface area contributed by atoms with Crippen molar-refractivity contribution in [3.8, 4) is 11.3 Å². The van der Waals surface area contributed by atoms with Gasteiger partial charge in [-0.3, -0.25) is 4.99 Å². The van der Waals surface area contributed by atoms with Gasteiger partial charge in [0.15, 0.2) is 5.96 Å². The van der Waals surface area contributed by atoms with E-state index < -0.39 is 0 Å². The molecule has 1 aromatic carbocycles. The van der Waals surface area contributed by atoms with Gasteiger partial charge in [0.2, 0.25) is 0 Å². The van der Waals surface area contributed by atoms with E-state index in [9.17, 15) is 0 Å². The van der Waals surface area contributed by atoms with Crippen LogP contribution in [0.1, 0.15) is 38.4 Å². The van der Waals surface area contributed by atoms with Gasteiger partial charge in [-0.15, -0.1) is 0 Å². The Morgan fingerprint density at radius 1 is 1.25 bits per heavy atom. The Morgan fingerprint density at radius 2 is 2.04 bits per heavy atom. The molecule has 0 unspecified atom stereocenters. The lowest BCUT2D eigenvalue weighted by molar-refractivity contribution is 0.131. The molecule has 24 heavy (non-hydrogen) atoms. The van der Waals surface area contributed by atoms with Crippen LogP contribution < -0.4 is 10.6 Å². The SMILES string of the molecule is CCC1(CNC(=NC)NCc2ncc(-c3ccccc3)[nH]2)CCC1. The monoisotopic (exact) mass is 325 g/mol. The minimum absolute atomic E-state index is 0.475. The van der Waals surface area contributed by atoms with Crippen LogP contribution in [0.4, 0.5) is 0 Å². The summed E-state index contributed by atoms with van der Waals surface area (Å²) in [5, 5.41) is 6.81. The molecule has 3 rings (SSSR count). The van der Waals surface area contributed by atoms with Gasteiger partial charge < -0.3 is 15.6 Å². The Balaban J connectivity index is 1.52. The first kappa shape index (κ1) is 16.6. The number of guanidine groups is 1. The molecule has 0 aliphatic heterocycles. The summed E-state index contributed by atoms with van der Waals surface area (Å²) in [5.74, 6) is 1.75. The number of benzene rings is 1. The molecule has 1 aromatic heterocycles. The van der Waals surface area contributed by atoms with Gasteiger partial charge in [0.25, 0.3) is 0 Å². The van der Waals surface area contributed by atoms with E-state index in [-0.39, 0.29) is 0 Å². The van der Waals surface area contributed by atoms with Crippen LogP contribution in [0.5, 0.6) is 0 Å². The Kier molecular flexibility index (Phi) is 5.18. The molecule has 1 aliphatic rings. The summed E-state index contributed by atoms with van der Waals surface area (Å²) in [5.41, 5.74) is 2.66. The van der Waals surface area contributed by atoms with E-state index in [1.165, 1.54) is 25.7 Å². The number of aromatic nitrogens is 2. The summed E-state index contributed by atoms with van der Waals surface area (Å²) in [6.45, 7) is 3.91. The number of nitrogens with zero attached hydrogens (tertiary/aromatic N) is 2. The molecule has 5 heteroatoms. The van der Waals surface area contributed by atoms with E-state index >= 15 is 0 Å². The molecule has 0 saturated heterocycles. The van der Waals surface area contributed by atoms with Gasteiger partial charge in [-0.2, -0.15) is 0 Å². The molecule has 0 radical (unpaired) electrons. The van der Waals surface area contributed by atoms with Gasteiger partial charge in [-0.1, -0.05) is 43.7 Å². The minimum atomic E-state index is 0.475. The van der Waals surface area contributed by atoms with Crippen molar-refractivity contribution in [1.82, 2.24) is 20.6 Å². The van der Waals surface area contributed by atoms with Crippen molar-refractivity contribution in [1.29, 1.82) is 0 Å². The first-order valence-corrected chi connectivity index (χ1v) is 8.78. The molecule has 0 amide bonds. The maximum Gasteiger partial charge on any atom is 0.191 e. The Bertz CT molecular complexity index is 665. The number of H-pyrrole nitrogens is 1. The smallest absolute Gasteiger partial charge is 0.191 e. The second kappa shape index (κ2) is 7.51. The fraction of sp³-hybridized carbons (Fsp3) is 0.474. The molecule has 1 saturated carbocycles. The summed E-state index contributed by atoms with van der Waals surface area (Å²) in [6, 6.07) is 10.2. The number of hydrogen-bond donors (Lipinski definition) is 3. The first-order chi connectivity index (χ1) is 11.7. The first-order valence-electron chi connectivity index (χ1n) is 8.78. The highest BCUT2D eigenvalue weighted by molar-refractivity contribution is 5.79. The standard InChI is InChI=1S/C19H27N5/c1-3-19(10-7-11-19)14-23-18(20-2)22-13-17-21-12-16(24-17)15-8-5-4-6-9-15/h4-6,8-9,12H,3,7,10-11,13-14H2,1-2H3,(H,21,24)(H2,20,22,23). The highest BCUT2D eigenvalue weighted by Crippen LogP contribution is 2.42. The zero-order chi connectivity index (χ0) is 16.8. The largest absolute Gasteiger partial charge is 0.356 e.